The molecule has 0 saturated carbocycles. The van der Waals surface area contributed by atoms with Crippen molar-refractivity contribution in [2.45, 2.75) is 56.2 Å². The zero-order valence-electron chi connectivity index (χ0n) is 8.64. The molecule has 2 rings (SSSR count). The quantitative estimate of drug-likeness (QED) is 0.697. The summed E-state index contributed by atoms with van der Waals surface area (Å²) in [7, 11) is 0. The summed E-state index contributed by atoms with van der Waals surface area (Å²) in [4.78, 5) is 0. The van der Waals surface area contributed by atoms with Crippen molar-refractivity contribution in [2.75, 3.05) is 12.3 Å². The van der Waals surface area contributed by atoms with Gasteiger partial charge >= 0.3 is 0 Å². The number of hydrogen-bond acceptors (Lipinski definition) is 2. The third-order valence-corrected chi connectivity index (χ3v) is 5.22. The third kappa shape index (κ3) is 2.21. The van der Waals surface area contributed by atoms with Gasteiger partial charge in [0.2, 0.25) is 0 Å². The molecule has 2 saturated heterocycles. The molecular weight excluding hydrogens is 178 g/mol. The van der Waals surface area contributed by atoms with Gasteiger partial charge in [-0.3, -0.25) is 0 Å². The van der Waals surface area contributed by atoms with Gasteiger partial charge in [-0.1, -0.05) is 12.8 Å². The van der Waals surface area contributed by atoms with Gasteiger partial charge in [0, 0.05) is 10.8 Å². The van der Waals surface area contributed by atoms with Crippen LogP contribution in [0.3, 0.4) is 0 Å². The van der Waals surface area contributed by atoms with Crippen LogP contribution < -0.4 is 5.32 Å². The predicted octanol–water partition coefficient (Wildman–Crippen LogP) is 2.80. The molecule has 2 atom stereocenters. The molecule has 1 nitrogen and oxygen atoms in total. The molecule has 0 amide bonds. The molecule has 0 radical (unpaired) electrons. The summed E-state index contributed by atoms with van der Waals surface area (Å²) in [6.45, 7) is 3.68. The van der Waals surface area contributed by atoms with E-state index in [1.807, 2.05) is 0 Å². The first-order valence-corrected chi connectivity index (χ1v) is 6.73. The zero-order valence-corrected chi connectivity index (χ0v) is 9.46. The third-order valence-electron chi connectivity index (χ3n) is 3.54. The standard InChI is InChI=1S/C11H21NS/c1-11(7-3-4-8-12-11)10-6-2-5-9-13-10/h10,12H,2-9H2,1H3. The molecule has 0 aromatic rings. The first-order chi connectivity index (χ1) is 6.31. The molecule has 2 heterocycles. The Bertz CT molecular complexity index is 157. The van der Waals surface area contributed by atoms with Crippen LogP contribution in [0, 0.1) is 0 Å². The molecule has 0 bridgehead atoms. The Morgan fingerprint density at radius 1 is 1.23 bits per heavy atom. The fourth-order valence-corrected chi connectivity index (χ4v) is 4.16. The SMILES string of the molecule is CC1(C2CCCCS2)CCCCN1. The van der Waals surface area contributed by atoms with Crippen LogP contribution in [0.4, 0.5) is 0 Å². The van der Waals surface area contributed by atoms with Crippen molar-refractivity contribution in [1.82, 2.24) is 5.32 Å². The molecule has 2 unspecified atom stereocenters. The molecule has 2 aliphatic rings. The monoisotopic (exact) mass is 199 g/mol. The minimum Gasteiger partial charge on any atom is -0.310 e. The molecule has 2 heteroatoms. The molecule has 2 fully saturated rings. The van der Waals surface area contributed by atoms with Gasteiger partial charge < -0.3 is 5.32 Å². The maximum atomic E-state index is 3.74. The Morgan fingerprint density at radius 3 is 2.77 bits per heavy atom. The lowest BCUT2D eigenvalue weighted by Crippen LogP contribution is -2.53. The average Bonchev–Trinajstić information content (AvgIpc) is 2.20. The van der Waals surface area contributed by atoms with Crippen molar-refractivity contribution in [3.63, 3.8) is 0 Å². The maximum absolute atomic E-state index is 3.74. The summed E-state index contributed by atoms with van der Waals surface area (Å²) in [5, 5.41) is 4.63. The van der Waals surface area contributed by atoms with E-state index in [1.54, 1.807) is 0 Å². The normalized spacial score (nSPS) is 41.8. The van der Waals surface area contributed by atoms with Crippen molar-refractivity contribution < 1.29 is 0 Å². The second kappa shape index (κ2) is 4.22. The van der Waals surface area contributed by atoms with Gasteiger partial charge in [-0.2, -0.15) is 11.8 Å². The minimum atomic E-state index is 0.462. The second-order valence-electron chi connectivity index (χ2n) is 4.66. The molecule has 0 aromatic heterocycles. The largest absolute Gasteiger partial charge is 0.310 e. The number of nitrogens with one attached hydrogen (secondary N) is 1. The van der Waals surface area contributed by atoms with Gasteiger partial charge in [-0.05, 0) is 44.9 Å². The van der Waals surface area contributed by atoms with Crippen molar-refractivity contribution in [2.24, 2.45) is 0 Å². The number of thioether (sulfide) groups is 1. The Morgan fingerprint density at radius 2 is 2.15 bits per heavy atom. The van der Waals surface area contributed by atoms with E-state index in [1.165, 1.54) is 50.8 Å². The van der Waals surface area contributed by atoms with E-state index >= 15 is 0 Å². The van der Waals surface area contributed by atoms with Crippen LogP contribution in [0.15, 0.2) is 0 Å². The van der Waals surface area contributed by atoms with Gasteiger partial charge in [-0.15, -0.1) is 0 Å². The summed E-state index contributed by atoms with van der Waals surface area (Å²) in [6.07, 6.45) is 8.54. The van der Waals surface area contributed by atoms with Crippen LogP contribution in [0.5, 0.6) is 0 Å². The van der Waals surface area contributed by atoms with Crippen molar-refractivity contribution in [3.05, 3.63) is 0 Å². The predicted molar refractivity (Wildman–Crippen MR) is 60.4 cm³/mol. The summed E-state index contributed by atoms with van der Waals surface area (Å²) in [6, 6.07) is 0. The van der Waals surface area contributed by atoms with E-state index in [9.17, 15) is 0 Å². The molecule has 13 heavy (non-hydrogen) atoms. The number of hydrogen-bond donors (Lipinski definition) is 1. The van der Waals surface area contributed by atoms with Crippen LogP contribution in [-0.2, 0) is 0 Å². The first kappa shape index (κ1) is 9.85. The summed E-state index contributed by atoms with van der Waals surface area (Å²) in [5.41, 5.74) is 0.462. The molecule has 0 aromatic carbocycles. The average molecular weight is 199 g/mol. The topological polar surface area (TPSA) is 12.0 Å². The number of piperidine rings is 1. The zero-order chi connectivity index (χ0) is 9.15. The van der Waals surface area contributed by atoms with E-state index in [0.717, 1.165) is 5.25 Å². The maximum Gasteiger partial charge on any atom is 0.0271 e. The molecule has 2 aliphatic heterocycles. The highest BCUT2D eigenvalue weighted by molar-refractivity contribution is 8.00. The van der Waals surface area contributed by atoms with Crippen molar-refractivity contribution >= 4 is 11.8 Å². The Kier molecular flexibility index (Phi) is 3.20. The Labute approximate surface area is 86.0 Å². The fraction of sp³-hybridized carbons (Fsp3) is 1.00. The van der Waals surface area contributed by atoms with Gasteiger partial charge in [0.25, 0.3) is 0 Å². The summed E-state index contributed by atoms with van der Waals surface area (Å²) >= 11 is 2.21. The first-order valence-electron chi connectivity index (χ1n) is 5.68. The van der Waals surface area contributed by atoms with Crippen molar-refractivity contribution in [1.29, 1.82) is 0 Å². The van der Waals surface area contributed by atoms with Crippen LogP contribution in [0.1, 0.15) is 45.4 Å². The Hall–Kier alpha value is 0.310. The van der Waals surface area contributed by atoms with E-state index in [4.69, 9.17) is 0 Å². The highest BCUT2D eigenvalue weighted by Gasteiger charge is 2.35. The minimum absolute atomic E-state index is 0.462. The van der Waals surface area contributed by atoms with E-state index < -0.39 is 0 Å². The molecule has 0 aliphatic carbocycles. The van der Waals surface area contributed by atoms with E-state index in [0.29, 0.717) is 5.54 Å². The molecule has 76 valence electrons. The molecular formula is C11H21NS. The fourth-order valence-electron chi connectivity index (χ4n) is 2.60. The smallest absolute Gasteiger partial charge is 0.0271 e. The lowest BCUT2D eigenvalue weighted by Gasteiger charge is -2.43. The highest BCUT2D eigenvalue weighted by Crippen LogP contribution is 2.37. The van der Waals surface area contributed by atoms with E-state index in [-0.39, 0.29) is 0 Å². The summed E-state index contributed by atoms with van der Waals surface area (Å²) in [5.74, 6) is 1.39. The van der Waals surface area contributed by atoms with Gasteiger partial charge in [-0.25, -0.2) is 0 Å². The van der Waals surface area contributed by atoms with Crippen LogP contribution in [0.2, 0.25) is 0 Å². The van der Waals surface area contributed by atoms with Crippen LogP contribution >= 0.6 is 11.8 Å². The van der Waals surface area contributed by atoms with Crippen molar-refractivity contribution in [3.8, 4) is 0 Å². The van der Waals surface area contributed by atoms with Gasteiger partial charge in [0.05, 0.1) is 0 Å². The van der Waals surface area contributed by atoms with Crippen LogP contribution in [-0.4, -0.2) is 23.1 Å². The van der Waals surface area contributed by atoms with Gasteiger partial charge in [0.15, 0.2) is 0 Å². The van der Waals surface area contributed by atoms with Crippen LogP contribution in [0.25, 0.3) is 0 Å². The lowest BCUT2D eigenvalue weighted by atomic mass is 9.85. The lowest BCUT2D eigenvalue weighted by molar-refractivity contribution is 0.260. The highest BCUT2D eigenvalue weighted by atomic mass is 32.2. The molecule has 1 N–H and O–H groups in total. The Balaban J connectivity index is 1.94. The van der Waals surface area contributed by atoms with Gasteiger partial charge in [0.1, 0.15) is 0 Å². The molecule has 0 spiro atoms. The summed E-state index contributed by atoms with van der Waals surface area (Å²) < 4.78 is 0. The second-order valence-corrected chi connectivity index (χ2v) is 5.97. The number of rotatable bonds is 1. The van der Waals surface area contributed by atoms with E-state index in [2.05, 4.69) is 24.0 Å².